The molecule has 0 fully saturated rings. The molecule has 0 radical (unpaired) electrons. The molecule has 2 aromatic carbocycles. The highest BCUT2D eigenvalue weighted by Crippen LogP contribution is 2.31. The molecule has 1 amide bonds. The van der Waals surface area contributed by atoms with E-state index in [4.69, 9.17) is 5.73 Å². The number of carbonyl (C=O) groups excluding carboxylic acids is 1. The summed E-state index contributed by atoms with van der Waals surface area (Å²) < 4.78 is 15.7. The summed E-state index contributed by atoms with van der Waals surface area (Å²) in [7, 11) is 0. The maximum absolute atomic E-state index is 13.6. The van der Waals surface area contributed by atoms with Crippen LogP contribution in [0.15, 0.2) is 36.4 Å². The van der Waals surface area contributed by atoms with Crippen LogP contribution in [0.3, 0.4) is 0 Å². The third kappa shape index (κ3) is 5.47. The van der Waals surface area contributed by atoms with E-state index in [-0.39, 0.29) is 42.6 Å². The molecule has 0 aliphatic carbocycles. The summed E-state index contributed by atoms with van der Waals surface area (Å²) in [6, 6.07) is 10.7. The van der Waals surface area contributed by atoms with Gasteiger partial charge < -0.3 is 15.6 Å². The molecular formula is C21H27Cl2FN4O. The van der Waals surface area contributed by atoms with Gasteiger partial charge in [0, 0.05) is 29.8 Å². The van der Waals surface area contributed by atoms with Gasteiger partial charge in [0.1, 0.15) is 11.6 Å². The van der Waals surface area contributed by atoms with E-state index in [1.807, 2.05) is 25.1 Å². The van der Waals surface area contributed by atoms with Crippen LogP contribution in [0.5, 0.6) is 0 Å². The van der Waals surface area contributed by atoms with Gasteiger partial charge in [-0.05, 0) is 69.6 Å². The second kappa shape index (κ2) is 10.6. The number of imidazole rings is 1. The summed E-state index contributed by atoms with van der Waals surface area (Å²) in [5.41, 5.74) is 9.64. The lowest BCUT2D eigenvalue weighted by atomic mass is 10.1. The summed E-state index contributed by atoms with van der Waals surface area (Å²) in [6.45, 7) is 6.60. The van der Waals surface area contributed by atoms with Crippen LogP contribution in [0, 0.1) is 12.7 Å². The Balaban J connectivity index is 0.00000210. The number of aryl methyl sites for hydroxylation is 1. The van der Waals surface area contributed by atoms with Gasteiger partial charge in [-0.1, -0.05) is 0 Å². The number of hydrogen-bond acceptors (Lipinski definition) is 3. The first-order valence-corrected chi connectivity index (χ1v) is 9.19. The lowest BCUT2D eigenvalue weighted by Gasteiger charge is -2.15. The number of halogens is 3. The molecule has 0 saturated carbocycles. The Hall–Kier alpha value is -2.15. The van der Waals surface area contributed by atoms with Crippen molar-refractivity contribution in [3.8, 4) is 11.4 Å². The largest absolute Gasteiger partial charge is 0.330 e. The van der Waals surface area contributed by atoms with E-state index in [0.717, 1.165) is 28.2 Å². The van der Waals surface area contributed by atoms with Crippen LogP contribution < -0.4 is 11.1 Å². The van der Waals surface area contributed by atoms with Gasteiger partial charge in [-0.25, -0.2) is 9.37 Å². The highest BCUT2D eigenvalue weighted by atomic mass is 35.5. The van der Waals surface area contributed by atoms with Gasteiger partial charge in [0.05, 0.1) is 11.0 Å². The fourth-order valence-corrected chi connectivity index (χ4v) is 3.22. The number of nitrogens with zero attached hydrogens (tertiary/aromatic N) is 2. The molecule has 1 heterocycles. The number of hydrogen-bond donors (Lipinski definition) is 2. The lowest BCUT2D eigenvalue weighted by Crippen LogP contribution is -2.14. The van der Waals surface area contributed by atoms with E-state index < -0.39 is 0 Å². The van der Waals surface area contributed by atoms with E-state index in [9.17, 15) is 9.18 Å². The topological polar surface area (TPSA) is 72.9 Å². The molecule has 3 aromatic rings. The number of benzene rings is 2. The van der Waals surface area contributed by atoms with E-state index in [1.165, 1.54) is 12.1 Å². The molecule has 0 saturated heterocycles. The van der Waals surface area contributed by atoms with Gasteiger partial charge in [0.2, 0.25) is 5.91 Å². The molecule has 1 aromatic heterocycles. The molecule has 0 aliphatic rings. The zero-order chi connectivity index (χ0) is 19.6. The third-order valence-electron chi connectivity index (χ3n) is 4.53. The lowest BCUT2D eigenvalue weighted by molar-refractivity contribution is -0.116. The quantitative estimate of drug-likeness (QED) is 0.549. The van der Waals surface area contributed by atoms with E-state index in [0.29, 0.717) is 24.9 Å². The Bertz CT molecular complexity index is 988. The van der Waals surface area contributed by atoms with Gasteiger partial charge in [0.15, 0.2) is 0 Å². The van der Waals surface area contributed by atoms with Crippen LogP contribution in [-0.4, -0.2) is 22.0 Å². The summed E-state index contributed by atoms with van der Waals surface area (Å²) in [5.74, 6) is 0.449. The molecule has 0 aliphatic heterocycles. The number of anilines is 1. The highest BCUT2D eigenvalue weighted by molar-refractivity contribution is 5.92. The molecule has 0 unspecified atom stereocenters. The Morgan fingerprint density at radius 3 is 2.55 bits per heavy atom. The van der Waals surface area contributed by atoms with Crippen molar-refractivity contribution in [1.29, 1.82) is 0 Å². The highest BCUT2D eigenvalue weighted by Gasteiger charge is 2.16. The van der Waals surface area contributed by atoms with E-state index >= 15 is 0 Å². The number of nitrogens with two attached hydrogens (primary N) is 1. The summed E-state index contributed by atoms with van der Waals surface area (Å²) >= 11 is 0. The summed E-state index contributed by atoms with van der Waals surface area (Å²) in [5, 5.41) is 2.92. The maximum Gasteiger partial charge on any atom is 0.224 e. The van der Waals surface area contributed by atoms with Gasteiger partial charge in [-0.2, -0.15) is 0 Å². The Morgan fingerprint density at radius 1 is 1.21 bits per heavy atom. The number of amides is 1. The first-order valence-electron chi connectivity index (χ1n) is 9.19. The predicted octanol–water partition coefficient (Wildman–Crippen LogP) is 5.25. The normalized spacial score (nSPS) is 10.6. The van der Waals surface area contributed by atoms with E-state index in [2.05, 4.69) is 28.7 Å². The number of nitrogens with one attached hydrogen (secondary N) is 1. The fraction of sp³-hybridized carbons (Fsp3) is 0.333. The van der Waals surface area contributed by atoms with Crippen molar-refractivity contribution in [2.45, 2.75) is 39.7 Å². The average Bonchev–Trinajstić information content (AvgIpc) is 3.00. The maximum atomic E-state index is 13.6. The number of aromatic nitrogens is 2. The molecule has 0 bridgehead atoms. The number of carbonyl (C=O) groups is 1. The van der Waals surface area contributed by atoms with Crippen LogP contribution in [0.25, 0.3) is 22.4 Å². The van der Waals surface area contributed by atoms with Crippen LogP contribution in [0.2, 0.25) is 0 Å². The number of rotatable bonds is 6. The SMILES string of the molecule is Cc1cc(-c2nc3cc(F)ccc3n2C(C)C)ccc1NC(=O)CCCN.Cl.Cl. The molecule has 158 valence electrons. The fourth-order valence-electron chi connectivity index (χ4n) is 3.22. The van der Waals surface area contributed by atoms with Crippen molar-refractivity contribution in [2.24, 2.45) is 5.73 Å². The van der Waals surface area contributed by atoms with Gasteiger partial charge in [-0.15, -0.1) is 24.8 Å². The van der Waals surface area contributed by atoms with Crippen molar-refractivity contribution < 1.29 is 9.18 Å². The zero-order valence-corrected chi connectivity index (χ0v) is 18.4. The molecule has 8 heteroatoms. The molecule has 29 heavy (non-hydrogen) atoms. The van der Waals surface area contributed by atoms with Crippen molar-refractivity contribution in [2.75, 3.05) is 11.9 Å². The first-order chi connectivity index (χ1) is 12.9. The predicted molar refractivity (Wildman–Crippen MR) is 122 cm³/mol. The second-order valence-electron chi connectivity index (χ2n) is 7.00. The minimum absolute atomic E-state index is 0. The summed E-state index contributed by atoms with van der Waals surface area (Å²) in [6.07, 6.45) is 1.07. The van der Waals surface area contributed by atoms with Crippen molar-refractivity contribution >= 4 is 47.4 Å². The minimum atomic E-state index is -0.297. The van der Waals surface area contributed by atoms with Gasteiger partial charge >= 0.3 is 0 Å². The molecule has 3 N–H and O–H groups in total. The second-order valence-corrected chi connectivity index (χ2v) is 7.00. The van der Waals surface area contributed by atoms with Gasteiger partial charge in [-0.3, -0.25) is 4.79 Å². The Labute approximate surface area is 182 Å². The monoisotopic (exact) mass is 440 g/mol. The van der Waals surface area contributed by atoms with Crippen LogP contribution in [0.4, 0.5) is 10.1 Å². The third-order valence-corrected chi connectivity index (χ3v) is 4.53. The molecule has 5 nitrogen and oxygen atoms in total. The molecule has 0 spiro atoms. The van der Waals surface area contributed by atoms with Crippen molar-refractivity contribution in [1.82, 2.24) is 9.55 Å². The van der Waals surface area contributed by atoms with Gasteiger partial charge in [0.25, 0.3) is 0 Å². The van der Waals surface area contributed by atoms with Crippen LogP contribution >= 0.6 is 24.8 Å². The Kier molecular flexibility index (Phi) is 9.08. The van der Waals surface area contributed by atoms with Crippen molar-refractivity contribution in [3.05, 3.63) is 47.8 Å². The summed E-state index contributed by atoms with van der Waals surface area (Å²) in [4.78, 5) is 16.6. The van der Waals surface area contributed by atoms with Crippen LogP contribution in [-0.2, 0) is 4.79 Å². The van der Waals surface area contributed by atoms with E-state index in [1.54, 1.807) is 6.07 Å². The standard InChI is InChI=1S/C21H25FN4O.2ClH/c1-13(2)26-19-9-7-16(22)12-18(19)25-21(26)15-6-8-17(14(3)11-15)24-20(27)5-4-10-23;;/h6-9,11-13H,4-5,10,23H2,1-3H3,(H,24,27);2*1H. The smallest absolute Gasteiger partial charge is 0.224 e. The van der Waals surface area contributed by atoms with Crippen LogP contribution in [0.1, 0.15) is 38.3 Å². The molecule has 3 rings (SSSR count). The van der Waals surface area contributed by atoms with Crippen molar-refractivity contribution in [3.63, 3.8) is 0 Å². The average molecular weight is 441 g/mol. The zero-order valence-electron chi connectivity index (χ0n) is 16.7. The minimum Gasteiger partial charge on any atom is -0.330 e. The molecule has 0 atom stereocenters. The first kappa shape index (κ1) is 24.9. The Morgan fingerprint density at radius 2 is 1.93 bits per heavy atom. The number of fused-ring (bicyclic) bond motifs is 1. The molecular weight excluding hydrogens is 414 g/mol.